The number of likely N-dealkylation sites (N-methyl/N-ethyl adjacent to an activating group) is 1. The minimum Gasteiger partial charge on any atom is -0.343 e. The maximum absolute atomic E-state index is 12.8. The van der Waals surface area contributed by atoms with Gasteiger partial charge in [0, 0.05) is 24.3 Å². The number of aromatic amines is 1. The van der Waals surface area contributed by atoms with Crippen molar-refractivity contribution in [2.24, 2.45) is 0 Å². The molecule has 1 aromatic heterocycles. The molecule has 5 nitrogen and oxygen atoms in total. The lowest BCUT2D eigenvalue weighted by Crippen LogP contribution is -2.40. The lowest BCUT2D eigenvalue weighted by Gasteiger charge is -2.27. The first kappa shape index (κ1) is 22.0. The second-order valence-electron chi connectivity index (χ2n) is 8.12. The molecule has 30 heavy (non-hydrogen) atoms. The summed E-state index contributed by atoms with van der Waals surface area (Å²) < 4.78 is 0. The van der Waals surface area contributed by atoms with Gasteiger partial charge in [-0.3, -0.25) is 4.79 Å². The van der Waals surface area contributed by atoms with Crippen molar-refractivity contribution >= 4 is 33.9 Å². The van der Waals surface area contributed by atoms with Crippen LogP contribution in [0.5, 0.6) is 0 Å². The summed E-state index contributed by atoms with van der Waals surface area (Å²) in [4.78, 5) is 20.1. The van der Waals surface area contributed by atoms with Crippen LogP contribution in [-0.4, -0.2) is 47.1 Å². The number of nitrogens with zero attached hydrogens (tertiary/aromatic N) is 2. The Hall–Kier alpha value is -2.70. The Morgan fingerprint density at radius 2 is 1.73 bits per heavy atom. The van der Waals surface area contributed by atoms with Crippen molar-refractivity contribution < 1.29 is 0 Å². The van der Waals surface area contributed by atoms with Gasteiger partial charge in [-0.25, -0.2) is 0 Å². The number of rotatable bonds is 6. The molecular weight excluding hydrogens is 392 g/mol. The van der Waals surface area contributed by atoms with Crippen molar-refractivity contribution in [3.05, 3.63) is 75.1 Å². The van der Waals surface area contributed by atoms with Crippen molar-refractivity contribution in [3.8, 4) is 0 Å². The highest BCUT2D eigenvalue weighted by molar-refractivity contribution is 7.80. The number of H-pyrrole nitrogens is 1. The molecule has 0 unspecified atom stereocenters. The predicted octanol–water partition coefficient (Wildman–Crippen LogP) is 4.21. The van der Waals surface area contributed by atoms with Crippen molar-refractivity contribution in [1.29, 1.82) is 0 Å². The Labute approximate surface area is 183 Å². The molecule has 0 radical (unpaired) electrons. The van der Waals surface area contributed by atoms with Gasteiger partial charge in [0.15, 0.2) is 5.11 Å². The van der Waals surface area contributed by atoms with Gasteiger partial charge in [0.25, 0.3) is 5.56 Å². The number of aryl methyl sites for hydroxylation is 3. The summed E-state index contributed by atoms with van der Waals surface area (Å²) in [6, 6.07) is 14.3. The number of benzene rings is 2. The van der Waals surface area contributed by atoms with Crippen molar-refractivity contribution in [2.75, 3.05) is 32.5 Å². The monoisotopic (exact) mass is 422 g/mol. The molecule has 0 saturated carbocycles. The smallest absolute Gasteiger partial charge is 0.253 e. The fourth-order valence-electron chi connectivity index (χ4n) is 3.31. The molecule has 158 valence electrons. The number of aromatic nitrogens is 1. The summed E-state index contributed by atoms with van der Waals surface area (Å²) in [5.74, 6) is 0. The Morgan fingerprint density at radius 1 is 1.03 bits per heavy atom. The molecule has 1 heterocycles. The Balaban J connectivity index is 1.87. The van der Waals surface area contributed by atoms with Crippen LogP contribution in [0.15, 0.2) is 47.3 Å². The lowest BCUT2D eigenvalue weighted by atomic mass is 10.0. The topological polar surface area (TPSA) is 51.4 Å². The molecule has 6 heteroatoms. The number of nitrogens with one attached hydrogen (secondary N) is 2. The number of thiocarbonyl (C=S) groups is 1. The van der Waals surface area contributed by atoms with E-state index in [9.17, 15) is 4.79 Å². The Kier molecular flexibility index (Phi) is 6.90. The number of hydrogen-bond acceptors (Lipinski definition) is 3. The molecule has 0 atom stereocenters. The number of hydrogen-bond donors (Lipinski definition) is 2. The van der Waals surface area contributed by atoms with E-state index >= 15 is 0 Å². The maximum Gasteiger partial charge on any atom is 0.253 e. The lowest BCUT2D eigenvalue weighted by molar-refractivity contribution is 0.327. The second-order valence-corrected chi connectivity index (χ2v) is 8.50. The summed E-state index contributed by atoms with van der Waals surface area (Å²) in [7, 11) is 4.06. The fraction of sp³-hybridized carbons (Fsp3) is 0.333. The SMILES string of the molecule is Cc1ccc(NC(=S)N(CCN(C)C)Cc2cc3ccc(C)c(C)c3[nH]c2=O)cc1. The number of fused-ring (bicyclic) bond motifs is 1. The molecule has 0 amide bonds. The third kappa shape index (κ3) is 5.26. The summed E-state index contributed by atoms with van der Waals surface area (Å²) >= 11 is 5.70. The van der Waals surface area contributed by atoms with E-state index in [2.05, 4.69) is 41.2 Å². The predicted molar refractivity (Wildman–Crippen MR) is 130 cm³/mol. The molecule has 0 aliphatic rings. The zero-order valence-corrected chi connectivity index (χ0v) is 19.2. The number of anilines is 1. The molecule has 0 saturated heterocycles. The second kappa shape index (κ2) is 9.41. The molecule has 0 fully saturated rings. The standard InChI is InChI=1S/C24H30N4OS/c1-16-6-10-21(11-7-16)25-24(30)28(13-12-27(4)5)15-20-14-19-9-8-17(2)18(3)22(19)26-23(20)29/h6-11,14H,12-13,15H2,1-5H3,(H,25,30)(H,26,29). The molecule has 0 bridgehead atoms. The van der Waals surface area contributed by atoms with E-state index in [1.807, 2.05) is 56.3 Å². The highest BCUT2D eigenvalue weighted by atomic mass is 32.1. The highest BCUT2D eigenvalue weighted by Gasteiger charge is 2.15. The fourth-order valence-corrected chi connectivity index (χ4v) is 3.58. The normalized spacial score (nSPS) is 11.1. The Morgan fingerprint density at radius 3 is 2.40 bits per heavy atom. The van der Waals surface area contributed by atoms with Gasteiger partial charge < -0.3 is 20.1 Å². The zero-order chi connectivity index (χ0) is 21.8. The van der Waals surface area contributed by atoms with Crippen molar-refractivity contribution in [1.82, 2.24) is 14.8 Å². The van der Waals surface area contributed by atoms with E-state index < -0.39 is 0 Å². The van der Waals surface area contributed by atoms with Crippen LogP contribution < -0.4 is 10.9 Å². The summed E-state index contributed by atoms with van der Waals surface area (Å²) in [6.07, 6.45) is 0. The first-order valence-corrected chi connectivity index (χ1v) is 10.5. The number of pyridine rings is 1. The van der Waals surface area contributed by atoms with E-state index in [0.29, 0.717) is 17.2 Å². The van der Waals surface area contributed by atoms with Crippen LogP contribution in [0.2, 0.25) is 0 Å². The van der Waals surface area contributed by atoms with E-state index in [1.54, 1.807) is 0 Å². The summed E-state index contributed by atoms with van der Waals surface area (Å²) in [5.41, 5.74) is 5.97. The van der Waals surface area contributed by atoms with E-state index in [1.165, 1.54) is 11.1 Å². The van der Waals surface area contributed by atoms with E-state index in [0.717, 1.165) is 35.2 Å². The van der Waals surface area contributed by atoms with Gasteiger partial charge in [0.2, 0.25) is 0 Å². The third-order valence-electron chi connectivity index (χ3n) is 5.40. The van der Waals surface area contributed by atoms with Crippen LogP contribution in [0.1, 0.15) is 22.3 Å². The van der Waals surface area contributed by atoms with Crippen molar-refractivity contribution in [2.45, 2.75) is 27.3 Å². The van der Waals surface area contributed by atoms with Gasteiger partial charge in [-0.05, 0) is 81.8 Å². The van der Waals surface area contributed by atoms with E-state index in [-0.39, 0.29) is 5.56 Å². The summed E-state index contributed by atoms with van der Waals surface area (Å²) in [6.45, 7) is 8.15. The Bertz CT molecular complexity index is 1100. The van der Waals surface area contributed by atoms with E-state index in [4.69, 9.17) is 12.2 Å². The zero-order valence-electron chi connectivity index (χ0n) is 18.4. The molecule has 0 aliphatic heterocycles. The average molecular weight is 423 g/mol. The van der Waals surface area contributed by atoms with Crippen LogP contribution in [0.3, 0.4) is 0 Å². The van der Waals surface area contributed by atoms with Gasteiger partial charge in [0.05, 0.1) is 12.1 Å². The third-order valence-corrected chi connectivity index (χ3v) is 5.76. The molecule has 2 N–H and O–H groups in total. The molecular formula is C24H30N4OS. The van der Waals surface area contributed by atoms with Crippen molar-refractivity contribution in [3.63, 3.8) is 0 Å². The van der Waals surface area contributed by atoms with Crippen LogP contribution in [0.4, 0.5) is 5.69 Å². The average Bonchev–Trinajstić information content (AvgIpc) is 2.70. The largest absolute Gasteiger partial charge is 0.343 e. The minimum atomic E-state index is -0.0656. The maximum atomic E-state index is 12.8. The first-order valence-electron chi connectivity index (χ1n) is 10.1. The van der Waals surface area contributed by atoms with Gasteiger partial charge in [-0.1, -0.05) is 29.8 Å². The van der Waals surface area contributed by atoms with Gasteiger partial charge in [0.1, 0.15) is 0 Å². The van der Waals surface area contributed by atoms with Crippen LogP contribution in [0.25, 0.3) is 10.9 Å². The van der Waals surface area contributed by atoms with Gasteiger partial charge in [-0.15, -0.1) is 0 Å². The molecule has 3 rings (SSSR count). The molecule has 3 aromatic rings. The van der Waals surface area contributed by atoms with Crippen LogP contribution in [-0.2, 0) is 6.54 Å². The van der Waals surface area contributed by atoms with Gasteiger partial charge >= 0.3 is 0 Å². The summed E-state index contributed by atoms with van der Waals surface area (Å²) in [5, 5.41) is 4.96. The van der Waals surface area contributed by atoms with Crippen LogP contribution in [0, 0.1) is 20.8 Å². The highest BCUT2D eigenvalue weighted by Crippen LogP contribution is 2.19. The molecule has 0 aliphatic carbocycles. The van der Waals surface area contributed by atoms with Crippen LogP contribution >= 0.6 is 12.2 Å². The molecule has 0 spiro atoms. The minimum absolute atomic E-state index is 0.0656. The quantitative estimate of drug-likeness (QED) is 0.583. The first-order chi connectivity index (χ1) is 14.2. The van der Waals surface area contributed by atoms with Gasteiger partial charge in [-0.2, -0.15) is 0 Å². The molecule has 2 aromatic carbocycles.